The summed E-state index contributed by atoms with van der Waals surface area (Å²) in [7, 11) is 0. The zero-order chi connectivity index (χ0) is 17.8. The number of hydrogen-bond acceptors (Lipinski definition) is 3. The lowest BCUT2D eigenvalue weighted by molar-refractivity contribution is 0.669. The third-order valence-corrected chi connectivity index (χ3v) is 6.17. The van der Waals surface area contributed by atoms with Gasteiger partial charge in [-0.05, 0) is 37.5 Å². The van der Waals surface area contributed by atoms with E-state index in [2.05, 4.69) is 22.4 Å². The molecule has 3 nitrogen and oxygen atoms in total. The van der Waals surface area contributed by atoms with Crippen LogP contribution in [0.5, 0.6) is 0 Å². The molecule has 2 aromatic rings. The molecule has 1 aromatic carbocycles. The fourth-order valence-electron chi connectivity index (χ4n) is 3.01. The predicted octanol–water partition coefficient (Wildman–Crippen LogP) is 4.54. The average molecular weight is 375 g/mol. The van der Waals surface area contributed by atoms with Crippen molar-refractivity contribution < 1.29 is 0 Å². The lowest BCUT2D eigenvalue weighted by atomic mass is 10.1. The first-order chi connectivity index (χ1) is 12.1. The number of H-pyrrole nitrogens is 1. The molecule has 0 spiro atoms. The molecule has 0 fully saturated rings. The highest BCUT2D eigenvalue weighted by molar-refractivity contribution is 8.09. The van der Waals surface area contributed by atoms with Crippen LogP contribution in [0.3, 0.4) is 0 Å². The van der Waals surface area contributed by atoms with Gasteiger partial charge in [0.2, 0.25) is 0 Å². The molecular weight excluding hydrogens is 352 g/mol. The first-order valence-corrected chi connectivity index (χ1v) is 9.88. The molecule has 0 bridgehead atoms. The van der Waals surface area contributed by atoms with Crippen LogP contribution < -0.4 is 10.9 Å². The Morgan fingerprint density at radius 2 is 2.12 bits per heavy atom. The molecule has 25 heavy (non-hydrogen) atoms. The maximum Gasteiger partial charge on any atom is 0.251 e. The van der Waals surface area contributed by atoms with Crippen LogP contribution in [0.25, 0.3) is 4.91 Å². The molecule has 3 rings (SSSR count). The lowest BCUT2D eigenvalue weighted by Crippen LogP contribution is -2.23. The van der Waals surface area contributed by atoms with Crippen LogP contribution in [0.15, 0.2) is 41.2 Å². The van der Waals surface area contributed by atoms with Gasteiger partial charge in [0.15, 0.2) is 0 Å². The second kappa shape index (κ2) is 8.26. The Morgan fingerprint density at radius 1 is 1.32 bits per heavy atom. The summed E-state index contributed by atoms with van der Waals surface area (Å²) in [5.74, 6) is 0. The summed E-state index contributed by atoms with van der Waals surface area (Å²) in [5, 5.41) is 4.82. The highest BCUT2D eigenvalue weighted by Crippen LogP contribution is 2.39. The Kier molecular flexibility index (Phi) is 6.05. The van der Waals surface area contributed by atoms with Crippen molar-refractivity contribution >= 4 is 28.3 Å². The predicted molar refractivity (Wildman–Crippen MR) is 108 cm³/mol. The van der Waals surface area contributed by atoms with Crippen LogP contribution >= 0.6 is 23.4 Å². The molecule has 0 radical (unpaired) electrons. The second-order valence-corrected chi connectivity index (χ2v) is 8.03. The van der Waals surface area contributed by atoms with Gasteiger partial charge in [0.25, 0.3) is 5.56 Å². The van der Waals surface area contributed by atoms with Gasteiger partial charge in [-0.25, -0.2) is 0 Å². The monoisotopic (exact) mass is 374 g/mol. The number of thioether (sulfide) groups is 1. The number of nitrogens with one attached hydrogen (secondary N) is 2. The maximum atomic E-state index is 11.9. The summed E-state index contributed by atoms with van der Waals surface area (Å²) < 4.78 is 0. The largest absolute Gasteiger partial charge is 0.326 e. The molecule has 132 valence electrons. The molecule has 0 saturated carbocycles. The van der Waals surface area contributed by atoms with Crippen molar-refractivity contribution in [2.45, 2.75) is 38.5 Å². The minimum atomic E-state index is 0.0327. The molecule has 0 aliphatic carbocycles. The van der Waals surface area contributed by atoms with E-state index in [-0.39, 0.29) is 5.56 Å². The fourth-order valence-corrected chi connectivity index (χ4v) is 4.49. The number of aromatic amines is 1. The smallest absolute Gasteiger partial charge is 0.251 e. The van der Waals surface area contributed by atoms with Gasteiger partial charge in [-0.3, -0.25) is 4.79 Å². The molecule has 1 aliphatic rings. The van der Waals surface area contributed by atoms with Crippen molar-refractivity contribution in [1.29, 1.82) is 0 Å². The summed E-state index contributed by atoms with van der Waals surface area (Å²) >= 11 is 8.08. The topological polar surface area (TPSA) is 44.9 Å². The van der Waals surface area contributed by atoms with Crippen molar-refractivity contribution in [3.63, 3.8) is 0 Å². The Morgan fingerprint density at radius 3 is 2.88 bits per heavy atom. The van der Waals surface area contributed by atoms with E-state index in [1.165, 1.54) is 4.91 Å². The van der Waals surface area contributed by atoms with Crippen molar-refractivity contribution in [2.24, 2.45) is 0 Å². The van der Waals surface area contributed by atoms with E-state index in [9.17, 15) is 4.79 Å². The summed E-state index contributed by atoms with van der Waals surface area (Å²) in [4.78, 5) is 16.2. The molecule has 2 heterocycles. The van der Waals surface area contributed by atoms with Crippen molar-refractivity contribution in [3.8, 4) is 0 Å². The summed E-state index contributed by atoms with van der Waals surface area (Å²) in [6.45, 7) is 5.70. The zero-order valence-electron chi connectivity index (χ0n) is 14.6. The van der Waals surface area contributed by atoms with E-state index >= 15 is 0 Å². The number of aromatic nitrogens is 1. The van der Waals surface area contributed by atoms with E-state index in [0.717, 1.165) is 53.3 Å². The van der Waals surface area contributed by atoms with Crippen molar-refractivity contribution in [1.82, 2.24) is 10.3 Å². The van der Waals surface area contributed by atoms with Crippen LogP contribution in [0.1, 0.15) is 35.7 Å². The quantitative estimate of drug-likeness (QED) is 0.780. The number of aryl methyl sites for hydroxylation is 2. The van der Waals surface area contributed by atoms with Crippen molar-refractivity contribution in [2.75, 3.05) is 6.54 Å². The van der Waals surface area contributed by atoms with Gasteiger partial charge >= 0.3 is 0 Å². The van der Waals surface area contributed by atoms with Crippen LogP contribution in [-0.2, 0) is 13.0 Å². The zero-order valence-corrected chi connectivity index (χ0v) is 16.1. The summed E-state index contributed by atoms with van der Waals surface area (Å²) in [6.07, 6.45) is 4.07. The normalized spacial score (nSPS) is 16.9. The maximum absolute atomic E-state index is 11.9. The van der Waals surface area contributed by atoms with Gasteiger partial charge in [0.05, 0.1) is 0 Å². The first-order valence-electron chi connectivity index (χ1n) is 8.62. The Bertz CT molecular complexity index is 844. The van der Waals surface area contributed by atoms with Gasteiger partial charge < -0.3 is 10.3 Å². The standard InChI is InChI=1S/C20H23ClN2OS/c1-3-14-10-17(13(2)23-20(14)24)19-9-8-16(25-19)12-22-11-15-6-4-5-7-18(15)21/h4-7,9-10,16,22H,3,8,11-12H2,1-2H3,(H,23,24). The molecule has 1 aromatic heterocycles. The molecule has 5 heteroatoms. The Hall–Kier alpha value is -1.49. The molecule has 0 amide bonds. The number of benzene rings is 1. The van der Waals surface area contributed by atoms with Gasteiger partial charge in [0, 0.05) is 45.1 Å². The van der Waals surface area contributed by atoms with E-state index in [1.807, 2.05) is 49.9 Å². The fraction of sp³-hybridized carbons (Fsp3) is 0.350. The third kappa shape index (κ3) is 4.38. The highest BCUT2D eigenvalue weighted by Gasteiger charge is 2.20. The van der Waals surface area contributed by atoms with Gasteiger partial charge in [0.1, 0.15) is 0 Å². The second-order valence-electron chi connectivity index (χ2n) is 6.28. The summed E-state index contributed by atoms with van der Waals surface area (Å²) in [5.41, 5.74) is 4.12. The summed E-state index contributed by atoms with van der Waals surface area (Å²) in [6, 6.07) is 9.99. The lowest BCUT2D eigenvalue weighted by Gasteiger charge is -2.13. The van der Waals surface area contributed by atoms with Crippen molar-refractivity contribution in [3.05, 3.63) is 74.2 Å². The Balaban J connectivity index is 1.59. The van der Waals surface area contributed by atoms with Crippen LogP contribution in [0.4, 0.5) is 0 Å². The van der Waals surface area contributed by atoms with Gasteiger partial charge in [-0.2, -0.15) is 0 Å². The van der Waals surface area contributed by atoms with Gasteiger partial charge in [-0.15, -0.1) is 11.8 Å². The van der Waals surface area contributed by atoms with Crippen LogP contribution in [0.2, 0.25) is 5.02 Å². The minimum absolute atomic E-state index is 0.0327. The number of hydrogen-bond donors (Lipinski definition) is 2. The molecule has 1 unspecified atom stereocenters. The van der Waals surface area contributed by atoms with Crippen LogP contribution in [0, 0.1) is 6.92 Å². The third-order valence-electron chi connectivity index (χ3n) is 4.47. The number of pyridine rings is 1. The molecule has 1 atom stereocenters. The molecule has 2 N–H and O–H groups in total. The van der Waals surface area contributed by atoms with Gasteiger partial charge in [-0.1, -0.05) is 42.8 Å². The molecular formula is C20H23ClN2OS. The SMILES string of the molecule is CCc1cc(C2=CCC(CNCc3ccccc3Cl)S2)c(C)[nH]c1=O. The van der Waals surface area contributed by atoms with E-state index < -0.39 is 0 Å². The van der Waals surface area contributed by atoms with Crippen LogP contribution in [-0.4, -0.2) is 16.8 Å². The molecule has 1 aliphatic heterocycles. The number of rotatable bonds is 6. The van der Waals surface area contributed by atoms with E-state index in [0.29, 0.717) is 5.25 Å². The molecule has 0 saturated heterocycles. The number of allylic oxidation sites excluding steroid dienone is 1. The number of halogens is 1. The highest BCUT2D eigenvalue weighted by atomic mass is 35.5. The van der Waals surface area contributed by atoms with E-state index in [4.69, 9.17) is 11.6 Å². The first kappa shape index (κ1) is 18.3. The average Bonchev–Trinajstić information content (AvgIpc) is 3.05. The minimum Gasteiger partial charge on any atom is -0.326 e. The Labute approximate surface area is 157 Å². The van der Waals surface area contributed by atoms with E-state index in [1.54, 1.807) is 0 Å².